The third-order valence-corrected chi connectivity index (χ3v) is 3.61. The van der Waals surface area contributed by atoms with Crippen LogP contribution in [0.5, 0.6) is 0 Å². The van der Waals surface area contributed by atoms with Gasteiger partial charge in [-0.3, -0.25) is 9.59 Å². The highest BCUT2D eigenvalue weighted by Crippen LogP contribution is 2.18. The van der Waals surface area contributed by atoms with E-state index in [9.17, 15) is 9.59 Å². The number of rotatable bonds is 4. The van der Waals surface area contributed by atoms with Gasteiger partial charge in [-0.1, -0.05) is 22.9 Å². The number of carbonyl (C=O) groups excluding carboxylic acids is 1. The minimum atomic E-state index is -0.901. The molecule has 1 amide bonds. The van der Waals surface area contributed by atoms with E-state index in [1.165, 1.54) is 4.90 Å². The Bertz CT molecular complexity index is 473. The first kappa shape index (κ1) is 14.7. The third-order valence-electron chi connectivity index (χ3n) is 2.72. The second-order valence-corrected chi connectivity index (χ2v) is 5.24. The largest absolute Gasteiger partial charge is 0.481 e. The number of nitrogens with zero attached hydrogens (tertiary/aromatic N) is 1. The Hall–Kier alpha value is -1.36. The Morgan fingerprint density at radius 3 is 2.56 bits per heavy atom. The molecule has 5 heteroatoms. The monoisotopic (exact) mass is 313 g/mol. The lowest BCUT2D eigenvalue weighted by Crippen LogP contribution is -2.33. The maximum Gasteiger partial charge on any atom is 0.308 e. The molecule has 0 aliphatic carbocycles. The van der Waals surface area contributed by atoms with E-state index in [-0.39, 0.29) is 12.5 Å². The molecule has 98 valence electrons. The Labute approximate surface area is 115 Å². The van der Waals surface area contributed by atoms with E-state index >= 15 is 0 Å². The van der Waals surface area contributed by atoms with Gasteiger partial charge in [0.25, 0.3) is 5.91 Å². The molecule has 0 saturated heterocycles. The molecular weight excluding hydrogens is 298 g/mol. The quantitative estimate of drug-likeness (QED) is 0.929. The Kier molecular flexibility index (Phi) is 4.90. The SMILES string of the molecule is Cc1cc(C(=O)N(C)CC(C)C(=O)O)ccc1Br. The van der Waals surface area contributed by atoms with Crippen LogP contribution >= 0.6 is 15.9 Å². The van der Waals surface area contributed by atoms with Gasteiger partial charge in [0, 0.05) is 23.6 Å². The maximum atomic E-state index is 12.1. The van der Waals surface area contributed by atoms with Gasteiger partial charge in [-0.2, -0.15) is 0 Å². The smallest absolute Gasteiger partial charge is 0.308 e. The summed E-state index contributed by atoms with van der Waals surface area (Å²) in [5.74, 6) is -1.64. The minimum Gasteiger partial charge on any atom is -0.481 e. The van der Waals surface area contributed by atoms with Gasteiger partial charge in [0.1, 0.15) is 0 Å². The van der Waals surface area contributed by atoms with Crippen molar-refractivity contribution >= 4 is 27.8 Å². The van der Waals surface area contributed by atoms with E-state index in [1.54, 1.807) is 26.1 Å². The van der Waals surface area contributed by atoms with Crippen LogP contribution in [-0.4, -0.2) is 35.5 Å². The predicted octanol–water partition coefficient (Wildman–Crippen LogP) is 2.55. The molecule has 0 spiro atoms. The average Bonchev–Trinajstić information content (AvgIpc) is 2.31. The van der Waals surface area contributed by atoms with Gasteiger partial charge in [-0.05, 0) is 30.7 Å². The zero-order chi connectivity index (χ0) is 13.9. The van der Waals surface area contributed by atoms with Crippen LogP contribution in [0.15, 0.2) is 22.7 Å². The lowest BCUT2D eigenvalue weighted by atomic mass is 10.1. The first-order chi connectivity index (χ1) is 8.32. The predicted molar refractivity (Wildman–Crippen MR) is 72.6 cm³/mol. The van der Waals surface area contributed by atoms with E-state index in [4.69, 9.17) is 5.11 Å². The van der Waals surface area contributed by atoms with Crippen molar-refractivity contribution in [2.45, 2.75) is 13.8 Å². The number of halogens is 1. The molecule has 0 radical (unpaired) electrons. The molecule has 1 atom stereocenters. The van der Waals surface area contributed by atoms with Crippen molar-refractivity contribution in [3.05, 3.63) is 33.8 Å². The number of hydrogen-bond donors (Lipinski definition) is 1. The molecule has 1 aromatic rings. The first-order valence-corrected chi connectivity index (χ1v) is 6.36. The van der Waals surface area contributed by atoms with Crippen molar-refractivity contribution < 1.29 is 14.7 Å². The average molecular weight is 314 g/mol. The van der Waals surface area contributed by atoms with Gasteiger partial charge in [0.15, 0.2) is 0 Å². The minimum absolute atomic E-state index is 0.168. The van der Waals surface area contributed by atoms with E-state index in [1.807, 2.05) is 13.0 Å². The zero-order valence-electron chi connectivity index (χ0n) is 10.6. The van der Waals surface area contributed by atoms with E-state index in [0.717, 1.165) is 10.0 Å². The highest BCUT2D eigenvalue weighted by molar-refractivity contribution is 9.10. The van der Waals surface area contributed by atoms with Crippen LogP contribution in [0, 0.1) is 12.8 Å². The molecule has 1 N–H and O–H groups in total. The first-order valence-electron chi connectivity index (χ1n) is 5.57. The second kappa shape index (κ2) is 6.00. The fourth-order valence-electron chi connectivity index (χ4n) is 1.57. The van der Waals surface area contributed by atoms with E-state index in [0.29, 0.717) is 5.56 Å². The lowest BCUT2D eigenvalue weighted by molar-refractivity contribution is -0.141. The van der Waals surface area contributed by atoms with Gasteiger partial charge in [-0.15, -0.1) is 0 Å². The van der Waals surface area contributed by atoms with Crippen LogP contribution in [0.3, 0.4) is 0 Å². The zero-order valence-corrected chi connectivity index (χ0v) is 12.2. The van der Waals surface area contributed by atoms with E-state index in [2.05, 4.69) is 15.9 Å². The number of carbonyl (C=O) groups is 2. The normalized spacial score (nSPS) is 12.0. The fraction of sp³-hybridized carbons (Fsp3) is 0.385. The van der Waals surface area contributed by atoms with Crippen molar-refractivity contribution in [1.82, 2.24) is 4.90 Å². The number of hydrogen-bond acceptors (Lipinski definition) is 2. The van der Waals surface area contributed by atoms with Crippen molar-refractivity contribution in [2.24, 2.45) is 5.92 Å². The van der Waals surface area contributed by atoms with Crippen LogP contribution in [0.1, 0.15) is 22.8 Å². The van der Waals surface area contributed by atoms with E-state index < -0.39 is 11.9 Å². The Morgan fingerprint density at radius 1 is 1.44 bits per heavy atom. The summed E-state index contributed by atoms with van der Waals surface area (Å²) in [5, 5.41) is 8.82. The van der Waals surface area contributed by atoms with Crippen LogP contribution < -0.4 is 0 Å². The molecule has 0 heterocycles. The maximum absolute atomic E-state index is 12.1. The van der Waals surface area contributed by atoms with Crippen molar-refractivity contribution in [3.8, 4) is 0 Å². The molecule has 0 aliphatic heterocycles. The van der Waals surface area contributed by atoms with Crippen molar-refractivity contribution in [2.75, 3.05) is 13.6 Å². The molecule has 1 unspecified atom stereocenters. The molecule has 0 aliphatic rings. The molecular formula is C13H16BrNO3. The summed E-state index contributed by atoms with van der Waals surface area (Å²) in [6.07, 6.45) is 0. The molecule has 0 fully saturated rings. The lowest BCUT2D eigenvalue weighted by Gasteiger charge is -2.19. The molecule has 1 rings (SSSR count). The van der Waals surface area contributed by atoms with Crippen LogP contribution in [0.4, 0.5) is 0 Å². The van der Waals surface area contributed by atoms with Gasteiger partial charge in [-0.25, -0.2) is 0 Å². The molecule has 18 heavy (non-hydrogen) atoms. The number of amides is 1. The summed E-state index contributed by atoms with van der Waals surface area (Å²) in [6, 6.07) is 5.33. The molecule has 0 aromatic heterocycles. The van der Waals surface area contributed by atoms with Crippen LogP contribution in [0.25, 0.3) is 0 Å². The van der Waals surface area contributed by atoms with Crippen LogP contribution in [-0.2, 0) is 4.79 Å². The Morgan fingerprint density at radius 2 is 2.06 bits per heavy atom. The molecule has 1 aromatic carbocycles. The fourth-order valence-corrected chi connectivity index (χ4v) is 1.82. The third kappa shape index (κ3) is 3.57. The topological polar surface area (TPSA) is 57.6 Å². The second-order valence-electron chi connectivity index (χ2n) is 4.39. The number of carboxylic acids is 1. The van der Waals surface area contributed by atoms with Crippen molar-refractivity contribution in [3.63, 3.8) is 0 Å². The van der Waals surface area contributed by atoms with Gasteiger partial charge >= 0.3 is 5.97 Å². The van der Waals surface area contributed by atoms with Gasteiger partial charge < -0.3 is 10.0 Å². The molecule has 0 bridgehead atoms. The van der Waals surface area contributed by atoms with Gasteiger partial charge in [0.2, 0.25) is 0 Å². The van der Waals surface area contributed by atoms with Crippen molar-refractivity contribution in [1.29, 1.82) is 0 Å². The summed E-state index contributed by atoms with van der Waals surface area (Å²) in [6.45, 7) is 3.68. The Balaban J connectivity index is 2.80. The summed E-state index contributed by atoms with van der Waals surface area (Å²) in [5.41, 5.74) is 1.54. The molecule has 0 saturated carbocycles. The van der Waals surface area contributed by atoms with Crippen LogP contribution in [0.2, 0.25) is 0 Å². The van der Waals surface area contributed by atoms with Gasteiger partial charge in [0.05, 0.1) is 5.92 Å². The standard InChI is InChI=1S/C13H16BrNO3/c1-8-6-10(4-5-11(8)14)12(16)15(3)7-9(2)13(17)18/h4-6,9H,7H2,1-3H3,(H,17,18). The number of benzene rings is 1. The highest BCUT2D eigenvalue weighted by atomic mass is 79.9. The molecule has 4 nitrogen and oxygen atoms in total. The summed E-state index contributed by atoms with van der Waals surface area (Å²) in [7, 11) is 1.61. The summed E-state index contributed by atoms with van der Waals surface area (Å²) >= 11 is 3.37. The highest BCUT2D eigenvalue weighted by Gasteiger charge is 2.18. The number of aliphatic carboxylic acids is 1. The summed E-state index contributed by atoms with van der Waals surface area (Å²) < 4.78 is 0.945. The summed E-state index contributed by atoms with van der Waals surface area (Å²) in [4.78, 5) is 24.3. The number of aryl methyl sites for hydroxylation is 1. The number of carboxylic acid groups (broad SMARTS) is 1.